The number of para-hydroxylation sites is 1. The van der Waals surface area contributed by atoms with E-state index in [0.717, 1.165) is 29.8 Å². The van der Waals surface area contributed by atoms with Gasteiger partial charge in [-0.1, -0.05) is 36.9 Å². The lowest BCUT2D eigenvalue weighted by atomic mass is 9.99. The van der Waals surface area contributed by atoms with Gasteiger partial charge in [0.1, 0.15) is 6.33 Å². The molecule has 1 aliphatic heterocycles. The minimum atomic E-state index is -4.39. The van der Waals surface area contributed by atoms with Gasteiger partial charge in [0.25, 0.3) is 0 Å². The van der Waals surface area contributed by atoms with Gasteiger partial charge in [0.15, 0.2) is 5.16 Å². The third-order valence-electron chi connectivity index (χ3n) is 5.30. The zero-order valence-electron chi connectivity index (χ0n) is 16.9. The van der Waals surface area contributed by atoms with Gasteiger partial charge in [0.2, 0.25) is 5.91 Å². The van der Waals surface area contributed by atoms with E-state index >= 15 is 0 Å². The van der Waals surface area contributed by atoms with Crippen LogP contribution in [0.15, 0.2) is 53.9 Å². The van der Waals surface area contributed by atoms with Crippen molar-refractivity contribution in [3.8, 4) is 5.69 Å². The summed E-state index contributed by atoms with van der Waals surface area (Å²) in [6.45, 7) is 2.56. The highest BCUT2D eigenvalue weighted by atomic mass is 32.2. The van der Waals surface area contributed by atoms with Crippen molar-refractivity contribution in [2.45, 2.75) is 37.5 Å². The molecule has 0 unspecified atom stereocenters. The Balaban J connectivity index is 1.51. The van der Waals surface area contributed by atoms with Gasteiger partial charge < -0.3 is 4.90 Å². The molecule has 0 N–H and O–H groups in total. The second-order valence-corrected chi connectivity index (χ2v) is 8.19. The molecule has 2 heterocycles. The van der Waals surface area contributed by atoms with Gasteiger partial charge >= 0.3 is 6.18 Å². The normalized spacial score (nSPS) is 13.9. The van der Waals surface area contributed by atoms with E-state index in [-0.39, 0.29) is 11.7 Å². The summed E-state index contributed by atoms with van der Waals surface area (Å²) in [6.07, 6.45) is -0.767. The van der Waals surface area contributed by atoms with E-state index in [1.165, 1.54) is 17.8 Å². The van der Waals surface area contributed by atoms with Crippen molar-refractivity contribution in [3.05, 3.63) is 65.5 Å². The molecule has 2 aromatic carbocycles. The SMILES string of the molecule is CCc1ccccc1-n1cnnc1SCC(=O)N1CCCc2cc(C(F)(F)F)ccc21. The van der Waals surface area contributed by atoms with Gasteiger partial charge in [0.05, 0.1) is 17.0 Å². The first-order chi connectivity index (χ1) is 14.9. The Labute approximate surface area is 182 Å². The minimum absolute atomic E-state index is 0.118. The molecular weight excluding hydrogens is 425 g/mol. The van der Waals surface area contributed by atoms with E-state index in [1.54, 1.807) is 11.2 Å². The molecule has 1 amide bonds. The topological polar surface area (TPSA) is 51.0 Å². The fraction of sp³-hybridized carbons (Fsp3) is 0.318. The van der Waals surface area contributed by atoms with E-state index in [0.29, 0.717) is 35.8 Å². The summed E-state index contributed by atoms with van der Waals surface area (Å²) in [5.74, 6) is -0.0444. The first-order valence-corrected chi connectivity index (χ1v) is 11.0. The van der Waals surface area contributed by atoms with Crippen LogP contribution in [0.25, 0.3) is 5.69 Å². The average molecular weight is 446 g/mol. The maximum Gasteiger partial charge on any atom is 0.416 e. The number of nitrogens with zero attached hydrogens (tertiary/aromatic N) is 4. The minimum Gasteiger partial charge on any atom is -0.311 e. The quantitative estimate of drug-likeness (QED) is 0.522. The fourth-order valence-corrected chi connectivity index (χ4v) is 4.57. The number of alkyl halides is 3. The molecule has 0 fully saturated rings. The molecule has 3 aromatic rings. The second kappa shape index (κ2) is 8.74. The third kappa shape index (κ3) is 4.46. The molecule has 9 heteroatoms. The number of fused-ring (bicyclic) bond motifs is 1. The summed E-state index contributed by atoms with van der Waals surface area (Å²) in [7, 11) is 0. The summed E-state index contributed by atoms with van der Waals surface area (Å²) in [6, 6.07) is 11.5. The highest BCUT2D eigenvalue weighted by Gasteiger charge is 2.32. The summed E-state index contributed by atoms with van der Waals surface area (Å²) in [5, 5.41) is 8.74. The number of hydrogen-bond donors (Lipinski definition) is 0. The largest absolute Gasteiger partial charge is 0.416 e. The molecule has 1 aliphatic rings. The maximum atomic E-state index is 13.0. The van der Waals surface area contributed by atoms with Gasteiger partial charge in [0, 0.05) is 12.2 Å². The fourth-order valence-electron chi connectivity index (χ4n) is 3.77. The molecule has 1 aromatic heterocycles. The predicted molar refractivity (Wildman–Crippen MR) is 114 cm³/mol. The van der Waals surface area contributed by atoms with Crippen LogP contribution >= 0.6 is 11.8 Å². The molecule has 5 nitrogen and oxygen atoms in total. The van der Waals surface area contributed by atoms with Gasteiger partial charge in [-0.25, -0.2) is 0 Å². The molecule has 4 rings (SSSR count). The molecule has 0 radical (unpaired) electrons. The van der Waals surface area contributed by atoms with Gasteiger partial charge in [-0.05, 0) is 54.7 Å². The van der Waals surface area contributed by atoms with Gasteiger partial charge in [-0.2, -0.15) is 13.2 Å². The van der Waals surface area contributed by atoms with Crippen LogP contribution in [0.4, 0.5) is 18.9 Å². The van der Waals surface area contributed by atoms with Gasteiger partial charge in [-0.15, -0.1) is 10.2 Å². The van der Waals surface area contributed by atoms with Crippen LogP contribution in [0.3, 0.4) is 0 Å². The van der Waals surface area contributed by atoms with Crippen LogP contribution < -0.4 is 4.90 Å². The first kappa shape index (κ1) is 21.4. The van der Waals surface area contributed by atoms with E-state index in [4.69, 9.17) is 0 Å². The molecule has 0 saturated heterocycles. The van der Waals surface area contributed by atoms with E-state index in [1.807, 2.05) is 28.8 Å². The zero-order chi connectivity index (χ0) is 22.0. The molecular formula is C22H21F3N4OS. The Morgan fingerprint density at radius 1 is 1.16 bits per heavy atom. The number of halogens is 3. The smallest absolute Gasteiger partial charge is 0.311 e. The number of benzene rings is 2. The summed E-state index contributed by atoms with van der Waals surface area (Å²) in [5.41, 5.74) is 2.54. The Morgan fingerprint density at radius 2 is 1.97 bits per heavy atom. The number of rotatable bonds is 5. The molecule has 162 valence electrons. The van der Waals surface area contributed by atoms with Crippen molar-refractivity contribution in [1.82, 2.24) is 14.8 Å². The van der Waals surface area contributed by atoms with Crippen molar-refractivity contribution < 1.29 is 18.0 Å². The Kier molecular flexibility index (Phi) is 6.04. The number of hydrogen-bond acceptors (Lipinski definition) is 4. The van der Waals surface area contributed by atoms with Crippen LogP contribution in [0.1, 0.15) is 30.0 Å². The number of aryl methyl sites for hydroxylation is 2. The predicted octanol–water partition coefficient (Wildman–Crippen LogP) is 4.92. The lowest BCUT2D eigenvalue weighted by molar-refractivity contribution is -0.137. The first-order valence-electron chi connectivity index (χ1n) is 10.00. The molecule has 31 heavy (non-hydrogen) atoms. The maximum absolute atomic E-state index is 13.0. The highest BCUT2D eigenvalue weighted by Crippen LogP contribution is 2.35. The number of thioether (sulfide) groups is 1. The van der Waals surface area contributed by atoms with E-state index in [2.05, 4.69) is 17.1 Å². The molecule has 0 atom stereocenters. The van der Waals surface area contributed by atoms with E-state index < -0.39 is 11.7 Å². The lowest BCUT2D eigenvalue weighted by Gasteiger charge is -2.30. The lowest BCUT2D eigenvalue weighted by Crippen LogP contribution is -2.36. The summed E-state index contributed by atoms with van der Waals surface area (Å²) in [4.78, 5) is 14.5. The third-order valence-corrected chi connectivity index (χ3v) is 6.23. The van der Waals surface area contributed by atoms with E-state index in [9.17, 15) is 18.0 Å². The van der Waals surface area contributed by atoms with Crippen molar-refractivity contribution in [3.63, 3.8) is 0 Å². The molecule has 0 bridgehead atoms. The Hall–Kier alpha value is -2.81. The van der Waals surface area contributed by atoms with Gasteiger partial charge in [-0.3, -0.25) is 9.36 Å². The average Bonchev–Trinajstić information content (AvgIpc) is 3.24. The highest BCUT2D eigenvalue weighted by molar-refractivity contribution is 7.99. The van der Waals surface area contributed by atoms with Crippen LogP contribution in [0.5, 0.6) is 0 Å². The number of carbonyl (C=O) groups excluding carboxylic acids is 1. The molecule has 0 aliphatic carbocycles. The zero-order valence-corrected chi connectivity index (χ0v) is 17.7. The van der Waals surface area contributed by atoms with Crippen LogP contribution in [-0.4, -0.2) is 33.0 Å². The monoisotopic (exact) mass is 446 g/mol. The second-order valence-electron chi connectivity index (χ2n) is 7.24. The molecule has 0 spiro atoms. The number of amides is 1. The van der Waals surface area contributed by atoms with Crippen molar-refractivity contribution in [2.24, 2.45) is 0 Å². The number of anilines is 1. The van der Waals surface area contributed by atoms with Crippen molar-refractivity contribution in [1.29, 1.82) is 0 Å². The number of aromatic nitrogens is 3. The van der Waals surface area contributed by atoms with Crippen molar-refractivity contribution >= 4 is 23.4 Å². The van der Waals surface area contributed by atoms with Crippen molar-refractivity contribution in [2.75, 3.05) is 17.2 Å². The number of carbonyl (C=O) groups is 1. The van der Waals surface area contributed by atoms with Crippen LogP contribution in [0, 0.1) is 0 Å². The Morgan fingerprint density at radius 3 is 2.74 bits per heavy atom. The summed E-state index contributed by atoms with van der Waals surface area (Å²) < 4.78 is 40.9. The molecule has 0 saturated carbocycles. The summed E-state index contributed by atoms with van der Waals surface area (Å²) >= 11 is 1.27. The standard InChI is InChI=1S/C22H21F3N4OS/c1-2-15-6-3-4-8-18(15)29-14-26-27-21(29)31-13-20(30)28-11-5-7-16-12-17(22(23,24)25)9-10-19(16)28/h3-4,6,8-10,12,14H,2,5,7,11,13H2,1H3. The Bertz CT molecular complexity index is 1100. The van der Waals surface area contributed by atoms with Crippen LogP contribution in [0.2, 0.25) is 0 Å². The van der Waals surface area contributed by atoms with Crippen LogP contribution in [-0.2, 0) is 23.8 Å².